The number of amides is 1. The van der Waals surface area contributed by atoms with Gasteiger partial charge in [-0.2, -0.15) is 0 Å². The first-order chi connectivity index (χ1) is 9.69. The van der Waals surface area contributed by atoms with Crippen LogP contribution in [0, 0.1) is 0 Å². The van der Waals surface area contributed by atoms with Crippen LogP contribution >= 0.6 is 0 Å². The number of carbonyl (C=O) groups excluding carboxylic acids is 2. The molecule has 0 fully saturated rings. The molecule has 2 rings (SSSR count). The number of carbonyl (C=O) groups is 2. The van der Waals surface area contributed by atoms with Crippen molar-refractivity contribution in [3.8, 4) is 5.69 Å². The molecule has 104 valence electrons. The second-order valence-corrected chi connectivity index (χ2v) is 4.17. The molecule has 20 heavy (non-hydrogen) atoms. The molecule has 0 saturated carbocycles. The van der Waals surface area contributed by atoms with Crippen LogP contribution in [0.4, 0.5) is 5.69 Å². The number of rotatable bonds is 5. The van der Waals surface area contributed by atoms with Crippen LogP contribution in [0.5, 0.6) is 0 Å². The van der Waals surface area contributed by atoms with Crippen LogP contribution in [0.25, 0.3) is 5.69 Å². The number of benzene rings is 1. The first-order valence-corrected chi connectivity index (χ1v) is 6.38. The third-order valence-electron chi connectivity index (χ3n) is 2.66. The lowest BCUT2D eigenvalue weighted by Crippen LogP contribution is -2.18. The molecule has 0 aliphatic heterocycles. The number of ether oxygens (including phenoxy) is 1. The molecule has 1 N–H and O–H groups in total. The average molecular weight is 272 g/mol. The van der Waals surface area contributed by atoms with Crippen molar-refractivity contribution < 1.29 is 14.3 Å². The Balaban J connectivity index is 1.94. The summed E-state index contributed by atoms with van der Waals surface area (Å²) in [5, 5.41) is 2.65. The lowest BCUT2D eigenvalue weighted by atomic mass is 10.2. The Kier molecular flexibility index (Phi) is 4.55. The first kappa shape index (κ1) is 13.9. The maximum atomic E-state index is 11.6. The average Bonchev–Trinajstić information content (AvgIpc) is 2.93. The van der Waals surface area contributed by atoms with Gasteiger partial charge in [-0.25, -0.2) is 0 Å². The molecule has 0 spiro atoms. The molecule has 0 atom stereocenters. The highest BCUT2D eigenvalue weighted by molar-refractivity contribution is 6.01. The summed E-state index contributed by atoms with van der Waals surface area (Å²) in [6, 6.07) is 11.2. The van der Waals surface area contributed by atoms with Gasteiger partial charge in [-0.3, -0.25) is 9.59 Å². The molecule has 5 heteroatoms. The van der Waals surface area contributed by atoms with E-state index in [4.69, 9.17) is 4.74 Å². The van der Waals surface area contributed by atoms with Gasteiger partial charge >= 0.3 is 5.97 Å². The topological polar surface area (TPSA) is 60.3 Å². The van der Waals surface area contributed by atoms with E-state index < -0.39 is 5.97 Å². The minimum absolute atomic E-state index is 0.271. The summed E-state index contributed by atoms with van der Waals surface area (Å²) in [7, 11) is 0. The summed E-state index contributed by atoms with van der Waals surface area (Å²) in [5.41, 5.74) is 1.65. The van der Waals surface area contributed by atoms with E-state index in [1.807, 2.05) is 41.2 Å². The Hall–Kier alpha value is -2.56. The minimum atomic E-state index is -0.519. The second kappa shape index (κ2) is 6.56. The Morgan fingerprint density at radius 2 is 1.80 bits per heavy atom. The molecule has 0 aliphatic rings. The highest BCUT2D eigenvalue weighted by atomic mass is 16.5. The van der Waals surface area contributed by atoms with E-state index in [2.05, 4.69) is 5.32 Å². The number of nitrogens with zero attached hydrogens (tertiary/aromatic N) is 1. The Morgan fingerprint density at radius 1 is 1.15 bits per heavy atom. The third-order valence-corrected chi connectivity index (χ3v) is 2.66. The molecule has 1 aromatic heterocycles. The monoisotopic (exact) mass is 272 g/mol. The van der Waals surface area contributed by atoms with Crippen molar-refractivity contribution in [2.45, 2.75) is 13.3 Å². The maximum Gasteiger partial charge on any atom is 0.315 e. The lowest BCUT2D eigenvalue weighted by molar-refractivity contribution is -0.145. The van der Waals surface area contributed by atoms with Gasteiger partial charge in [-0.05, 0) is 43.3 Å². The molecule has 1 aromatic carbocycles. The van der Waals surface area contributed by atoms with Gasteiger partial charge in [-0.15, -0.1) is 0 Å². The SMILES string of the molecule is CCOC(=O)CC(=O)Nc1ccc(-n2cccc2)cc1. The van der Waals surface area contributed by atoms with Gasteiger partial charge in [0, 0.05) is 23.8 Å². The van der Waals surface area contributed by atoms with Crippen LogP contribution in [-0.4, -0.2) is 23.1 Å². The van der Waals surface area contributed by atoms with E-state index in [0.717, 1.165) is 5.69 Å². The zero-order valence-corrected chi connectivity index (χ0v) is 11.2. The number of hydrogen-bond acceptors (Lipinski definition) is 3. The van der Waals surface area contributed by atoms with Crippen molar-refractivity contribution in [1.82, 2.24) is 4.57 Å². The Morgan fingerprint density at radius 3 is 2.40 bits per heavy atom. The van der Waals surface area contributed by atoms with E-state index in [9.17, 15) is 9.59 Å². The summed E-state index contributed by atoms with van der Waals surface area (Å²) in [5.74, 6) is -0.897. The van der Waals surface area contributed by atoms with Gasteiger partial charge in [0.15, 0.2) is 0 Å². The third kappa shape index (κ3) is 3.71. The number of anilines is 1. The Labute approximate surface area is 117 Å². The van der Waals surface area contributed by atoms with Crippen LogP contribution in [0.15, 0.2) is 48.8 Å². The fourth-order valence-corrected chi connectivity index (χ4v) is 1.77. The van der Waals surface area contributed by atoms with Crippen molar-refractivity contribution in [1.29, 1.82) is 0 Å². The molecule has 0 unspecified atom stereocenters. The molecule has 0 bridgehead atoms. The zero-order valence-electron chi connectivity index (χ0n) is 11.2. The minimum Gasteiger partial charge on any atom is -0.466 e. The number of esters is 1. The molecule has 0 radical (unpaired) electrons. The predicted molar refractivity (Wildman–Crippen MR) is 75.6 cm³/mol. The summed E-state index contributed by atoms with van der Waals surface area (Å²) >= 11 is 0. The molecule has 1 heterocycles. The van der Waals surface area contributed by atoms with E-state index >= 15 is 0 Å². The fraction of sp³-hybridized carbons (Fsp3) is 0.200. The van der Waals surface area contributed by atoms with Gasteiger partial charge in [-0.1, -0.05) is 0 Å². The molecular formula is C15H16N2O3. The van der Waals surface area contributed by atoms with Crippen molar-refractivity contribution in [2.24, 2.45) is 0 Å². The van der Waals surface area contributed by atoms with E-state index in [0.29, 0.717) is 5.69 Å². The molecule has 0 aliphatic carbocycles. The van der Waals surface area contributed by atoms with Crippen molar-refractivity contribution >= 4 is 17.6 Å². The molecule has 1 amide bonds. The van der Waals surface area contributed by atoms with Crippen molar-refractivity contribution in [2.75, 3.05) is 11.9 Å². The summed E-state index contributed by atoms with van der Waals surface area (Å²) in [4.78, 5) is 22.8. The molecule has 0 saturated heterocycles. The van der Waals surface area contributed by atoms with Crippen molar-refractivity contribution in [3.63, 3.8) is 0 Å². The smallest absolute Gasteiger partial charge is 0.315 e. The van der Waals surface area contributed by atoms with Crippen LogP contribution in [0.3, 0.4) is 0 Å². The normalized spacial score (nSPS) is 10.1. The Bertz CT molecular complexity index is 574. The van der Waals surface area contributed by atoms with Crippen LogP contribution < -0.4 is 5.32 Å². The lowest BCUT2D eigenvalue weighted by Gasteiger charge is -2.07. The zero-order chi connectivity index (χ0) is 14.4. The van der Waals surface area contributed by atoms with E-state index in [1.54, 1.807) is 19.1 Å². The van der Waals surface area contributed by atoms with Gasteiger partial charge < -0.3 is 14.6 Å². The predicted octanol–water partition coefficient (Wildman–Crippen LogP) is 2.37. The van der Waals surface area contributed by atoms with E-state index in [1.165, 1.54) is 0 Å². The molecular weight excluding hydrogens is 256 g/mol. The number of nitrogens with one attached hydrogen (secondary N) is 1. The van der Waals surface area contributed by atoms with Gasteiger partial charge in [0.25, 0.3) is 0 Å². The van der Waals surface area contributed by atoms with Crippen LogP contribution in [0.1, 0.15) is 13.3 Å². The first-order valence-electron chi connectivity index (χ1n) is 6.38. The largest absolute Gasteiger partial charge is 0.466 e. The quantitative estimate of drug-likeness (QED) is 0.671. The standard InChI is InChI=1S/C15H16N2O3/c1-2-20-15(19)11-14(18)16-12-5-7-13(8-6-12)17-9-3-4-10-17/h3-10H,2,11H2,1H3,(H,16,18). The number of aromatic nitrogens is 1. The summed E-state index contributed by atoms with van der Waals surface area (Å²) in [6.45, 7) is 1.98. The highest BCUT2D eigenvalue weighted by Crippen LogP contribution is 2.13. The van der Waals surface area contributed by atoms with E-state index in [-0.39, 0.29) is 18.9 Å². The van der Waals surface area contributed by atoms with Gasteiger partial charge in [0.1, 0.15) is 6.42 Å². The van der Waals surface area contributed by atoms with Crippen molar-refractivity contribution in [3.05, 3.63) is 48.8 Å². The van der Waals surface area contributed by atoms with Crippen LogP contribution in [0.2, 0.25) is 0 Å². The number of hydrogen-bond donors (Lipinski definition) is 1. The highest BCUT2D eigenvalue weighted by Gasteiger charge is 2.10. The fourth-order valence-electron chi connectivity index (χ4n) is 1.77. The summed E-state index contributed by atoms with van der Waals surface area (Å²) in [6.07, 6.45) is 3.61. The molecule has 2 aromatic rings. The summed E-state index contributed by atoms with van der Waals surface area (Å²) < 4.78 is 6.68. The van der Waals surface area contributed by atoms with Crippen LogP contribution in [-0.2, 0) is 14.3 Å². The maximum absolute atomic E-state index is 11.6. The second-order valence-electron chi connectivity index (χ2n) is 4.17. The van der Waals surface area contributed by atoms with Gasteiger partial charge in [0.2, 0.25) is 5.91 Å². The van der Waals surface area contributed by atoms with Gasteiger partial charge in [0.05, 0.1) is 6.61 Å². The molecule has 5 nitrogen and oxygen atoms in total.